The maximum Gasteiger partial charge on any atom is 0.350 e. The summed E-state index contributed by atoms with van der Waals surface area (Å²) in [4.78, 5) is 51.2. The van der Waals surface area contributed by atoms with Gasteiger partial charge in [-0.2, -0.15) is 0 Å². The van der Waals surface area contributed by atoms with Gasteiger partial charge in [-0.3, -0.25) is 14.4 Å². The summed E-state index contributed by atoms with van der Waals surface area (Å²) >= 11 is 0.992. The van der Waals surface area contributed by atoms with Gasteiger partial charge in [0.1, 0.15) is 4.88 Å². The number of hydrogen-bond acceptors (Lipinski definition) is 7. The molecule has 0 unspecified atom stereocenters. The molecular weight excluding hydrogens is 384 g/mol. The summed E-state index contributed by atoms with van der Waals surface area (Å²) in [6.45, 7) is 2.69. The van der Waals surface area contributed by atoms with Gasteiger partial charge in [0.15, 0.2) is 5.13 Å². The molecule has 0 atom stereocenters. The number of nitrogens with zero attached hydrogens (tertiary/aromatic N) is 1. The van der Waals surface area contributed by atoms with E-state index in [1.54, 1.807) is 19.1 Å². The Hall–Kier alpha value is -3.27. The van der Waals surface area contributed by atoms with Crippen LogP contribution in [0.2, 0.25) is 0 Å². The number of hydrogen-bond donors (Lipinski definition) is 3. The fraction of sp³-hybridized carbons (Fsp3) is 0.278. The fourth-order valence-electron chi connectivity index (χ4n) is 2.11. The van der Waals surface area contributed by atoms with E-state index in [4.69, 9.17) is 4.74 Å². The van der Waals surface area contributed by atoms with E-state index in [0.29, 0.717) is 11.3 Å². The maximum absolute atomic E-state index is 12.2. The molecule has 9 nitrogen and oxygen atoms in total. The van der Waals surface area contributed by atoms with Crippen LogP contribution in [0.25, 0.3) is 11.3 Å². The summed E-state index contributed by atoms with van der Waals surface area (Å²) in [5, 5.41) is 7.46. The molecular formula is C18H20N4O5S. The first-order valence-electron chi connectivity index (χ1n) is 8.45. The number of carbonyl (C=O) groups is 4. The Kier molecular flexibility index (Phi) is 7.64. The molecule has 0 saturated carbocycles. The van der Waals surface area contributed by atoms with Crippen molar-refractivity contribution < 1.29 is 23.9 Å². The lowest BCUT2D eigenvalue weighted by Gasteiger charge is -2.05. The van der Waals surface area contributed by atoms with Crippen LogP contribution in [0.1, 0.15) is 23.5 Å². The first-order valence-corrected chi connectivity index (χ1v) is 9.26. The van der Waals surface area contributed by atoms with E-state index in [1.807, 2.05) is 18.2 Å². The van der Waals surface area contributed by atoms with Gasteiger partial charge in [-0.1, -0.05) is 41.7 Å². The standard InChI is InChI=1S/C18H20N4O5S/c1-3-27-17(26)16-15(12-7-5-4-6-8-12)22-18(28-16)21-14(25)10-20-13(24)9-19-11(2)23/h4-8H,3,9-10H2,1-2H3,(H,19,23)(H,20,24)(H,21,22,25). The normalized spacial score (nSPS) is 10.1. The van der Waals surface area contributed by atoms with Crippen LogP contribution in [0.5, 0.6) is 0 Å². The van der Waals surface area contributed by atoms with Gasteiger partial charge in [-0.25, -0.2) is 9.78 Å². The van der Waals surface area contributed by atoms with Gasteiger partial charge in [-0.15, -0.1) is 0 Å². The number of ether oxygens (including phenoxy) is 1. The van der Waals surface area contributed by atoms with E-state index in [0.717, 1.165) is 11.3 Å². The van der Waals surface area contributed by atoms with Crippen LogP contribution >= 0.6 is 11.3 Å². The molecule has 0 saturated heterocycles. The van der Waals surface area contributed by atoms with E-state index < -0.39 is 17.8 Å². The summed E-state index contributed by atoms with van der Waals surface area (Å²) in [5.41, 5.74) is 1.12. The Morgan fingerprint density at radius 1 is 1.04 bits per heavy atom. The SMILES string of the molecule is CCOC(=O)c1sc(NC(=O)CNC(=O)CNC(C)=O)nc1-c1ccccc1. The van der Waals surface area contributed by atoms with Crippen LogP contribution in [0.15, 0.2) is 30.3 Å². The molecule has 2 rings (SSSR count). The van der Waals surface area contributed by atoms with Gasteiger partial charge in [0.25, 0.3) is 0 Å². The Morgan fingerprint density at radius 3 is 2.36 bits per heavy atom. The minimum atomic E-state index is -0.525. The van der Waals surface area contributed by atoms with Crippen molar-refractivity contribution in [1.82, 2.24) is 15.6 Å². The van der Waals surface area contributed by atoms with Crippen LogP contribution in [-0.4, -0.2) is 48.4 Å². The van der Waals surface area contributed by atoms with Crippen LogP contribution in [0.3, 0.4) is 0 Å². The Balaban J connectivity index is 2.07. The van der Waals surface area contributed by atoms with Gasteiger partial charge >= 0.3 is 5.97 Å². The summed E-state index contributed by atoms with van der Waals surface area (Å²) < 4.78 is 5.06. The second-order valence-corrected chi connectivity index (χ2v) is 6.52. The van der Waals surface area contributed by atoms with Crippen molar-refractivity contribution in [2.45, 2.75) is 13.8 Å². The Labute approximate surface area is 165 Å². The van der Waals surface area contributed by atoms with Crippen LogP contribution < -0.4 is 16.0 Å². The molecule has 148 valence electrons. The van der Waals surface area contributed by atoms with E-state index >= 15 is 0 Å². The summed E-state index contributed by atoms with van der Waals surface area (Å²) in [6.07, 6.45) is 0. The molecule has 3 amide bonds. The molecule has 0 bridgehead atoms. The third-order valence-electron chi connectivity index (χ3n) is 3.33. The number of nitrogens with one attached hydrogen (secondary N) is 3. The van der Waals surface area contributed by atoms with Gasteiger partial charge in [-0.05, 0) is 6.92 Å². The molecule has 0 aliphatic rings. The summed E-state index contributed by atoms with van der Waals surface area (Å²) in [7, 11) is 0. The molecule has 28 heavy (non-hydrogen) atoms. The lowest BCUT2D eigenvalue weighted by Crippen LogP contribution is -2.39. The predicted molar refractivity (Wildman–Crippen MR) is 104 cm³/mol. The third kappa shape index (κ3) is 6.16. The molecule has 1 aromatic carbocycles. The lowest BCUT2D eigenvalue weighted by atomic mass is 10.1. The number of rotatable bonds is 8. The topological polar surface area (TPSA) is 126 Å². The predicted octanol–water partition coefficient (Wildman–Crippen LogP) is 1.18. The highest BCUT2D eigenvalue weighted by atomic mass is 32.1. The van der Waals surface area contributed by atoms with Crippen molar-refractivity contribution >= 4 is 40.2 Å². The van der Waals surface area contributed by atoms with Gasteiger partial charge in [0.2, 0.25) is 17.7 Å². The van der Waals surface area contributed by atoms with E-state index in [-0.39, 0.29) is 35.6 Å². The quantitative estimate of drug-likeness (QED) is 0.567. The average Bonchev–Trinajstić information content (AvgIpc) is 3.09. The highest BCUT2D eigenvalue weighted by Gasteiger charge is 2.21. The van der Waals surface area contributed by atoms with Gasteiger partial charge in [0.05, 0.1) is 25.4 Å². The number of carbonyl (C=O) groups excluding carboxylic acids is 4. The zero-order valence-corrected chi connectivity index (χ0v) is 16.2. The lowest BCUT2D eigenvalue weighted by molar-refractivity contribution is -0.126. The molecule has 0 fully saturated rings. The zero-order chi connectivity index (χ0) is 20.5. The molecule has 1 heterocycles. The smallest absolute Gasteiger partial charge is 0.350 e. The minimum Gasteiger partial charge on any atom is -0.462 e. The molecule has 0 spiro atoms. The molecule has 10 heteroatoms. The zero-order valence-electron chi connectivity index (χ0n) is 15.4. The summed E-state index contributed by atoms with van der Waals surface area (Å²) in [5.74, 6) is -1.88. The molecule has 1 aromatic heterocycles. The van der Waals surface area contributed by atoms with Crippen molar-refractivity contribution in [2.75, 3.05) is 25.0 Å². The molecule has 2 aromatic rings. The monoisotopic (exact) mass is 404 g/mol. The number of esters is 1. The number of amides is 3. The van der Waals surface area contributed by atoms with E-state index in [2.05, 4.69) is 20.9 Å². The first-order chi connectivity index (χ1) is 13.4. The number of thiazole rings is 1. The summed E-state index contributed by atoms with van der Waals surface area (Å²) in [6, 6.07) is 9.06. The highest BCUT2D eigenvalue weighted by Crippen LogP contribution is 2.31. The number of benzene rings is 1. The Morgan fingerprint density at radius 2 is 1.71 bits per heavy atom. The number of anilines is 1. The maximum atomic E-state index is 12.2. The average molecular weight is 404 g/mol. The van der Waals surface area contributed by atoms with Crippen molar-refractivity contribution in [1.29, 1.82) is 0 Å². The van der Waals surface area contributed by atoms with Gasteiger partial charge in [0, 0.05) is 12.5 Å². The minimum absolute atomic E-state index is 0.211. The second kappa shape index (κ2) is 10.2. The second-order valence-electron chi connectivity index (χ2n) is 5.52. The van der Waals surface area contributed by atoms with E-state index in [9.17, 15) is 19.2 Å². The largest absolute Gasteiger partial charge is 0.462 e. The highest BCUT2D eigenvalue weighted by molar-refractivity contribution is 7.18. The molecule has 0 aliphatic carbocycles. The van der Waals surface area contributed by atoms with Crippen LogP contribution in [0, 0.1) is 0 Å². The van der Waals surface area contributed by atoms with Crippen molar-refractivity contribution in [3.63, 3.8) is 0 Å². The van der Waals surface area contributed by atoms with Crippen LogP contribution in [-0.2, 0) is 19.1 Å². The van der Waals surface area contributed by atoms with Crippen LogP contribution in [0.4, 0.5) is 5.13 Å². The van der Waals surface area contributed by atoms with E-state index in [1.165, 1.54) is 6.92 Å². The Bertz CT molecular complexity index is 866. The third-order valence-corrected chi connectivity index (χ3v) is 4.28. The molecule has 0 aliphatic heterocycles. The molecule has 3 N–H and O–H groups in total. The van der Waals surface area contributed by atoms with Crippen molar-refractivity contribution in [2.24, 2.45) is 0 Å². The molecule has 0 radical (unpaired) electrons. The van der Waals surface area contributed by atoms with Crippen molar-refractivity contribution in [3.8, 4) is 11.3 Å². The van der Waals surface area contributed by atoms with Crippen molar-refractivity contribution in [3.05, 3.63) is 35.2 Å². The fourth-order valence-corrected chi connectivity index (χ4v) is 3.01. The van der Waals surface area contributed by atoms with Gasteiger partial charge < -0.3 is 20.7 Å². The number of aromatic nitrogens is 1. The first kappa shape index (κ1) is 21.0.